The van der Waals surface area contributed by atoms with Gasteiger partial charge < -0.3 is 10.4 Å². The maximum absolute atomic E-state index is 12.3. The topological polar surface area (TPSA) is 86.7 Å². The molecule has 114 valence electrons. The van der Waals surface area contributed by atoms with Crippen LogP contribution in [0.2, 0.25) is 0 Å². The van der Waals surface area contributed by atoms with Gasteiger partial charge in [0, 0.05) is 16.8 Å². The number of carboxylic acids is 1. The molecular weight excluding hydrogens is 284 g/mol. The Morgan fingerprint density at radius 1 is 1.32 bits per heavy atom. The van der Waals surface area contributed by atoms with Gasteiger partial charge >= 0.3 is 5.97 Å². The van der Waals surface area contributed by atoms with Gasteiger partial charge in [0.1, 0.15) is 12.6 Å². The summed E-state index contributed by atoms with van der Waals surface area (Å²) in [6.45, 7) is 3.63. The summed E-state index contributed by atoms with van der Waals surface area (Å²) in [5.74, 6) is -1.81. The first-order chi connectivity index (χ1) is 10.5. The molecule has 3 rings (SSSR count). The molecule has 1 aliphatic heterocycles. The lowest BCUT2D eigenvalue weighted by atomic mass is 10.1. The van der Waals surface area contributed by atoms with E-state index in [4.69, 9.17) is 5.11 Å². The molecule has 1 heterocycles. The van der Waals surface area contributed by atoms with Crippen LogP contribution in [0.15, 0.2) is 30.8 Å². The summed E-state index contributed by atoms with van der Waals surface area (Å²) in [7, 11) is 0. The van der Waals surface area contributed by atoms with Crippen molar-refractivity contribution in [1.82, 2.24) is 10.2 Å². The molecule has 0 spiro atoms. The molecule has 1 aromatic rings. The van der Waals surface area contributed by atoms with Gasteiger partial charge in [0.15, 0.2) is 0 Å². The molecule has 1 fully saturated rings. The first-order valence-electron chi connectivity index (χ1n) is 7.11. The Morgan fingerprint density at radius 2 is 1.95 bits per heavy atom. The molecule has 1 aliphatic carbocycles. The van der Waals surface area contributed by atoms with Gasteiger partial charge in [0.05, 0.1) is 0 Å². The Morgan fingerprint density at radius 3 is 2.50 bits per heavy atom. The molecule has 6 heteroatoms. The molecule has 0 radical (unpaired) electrons. The average molecular weight is 300 g/mol. The van der Waals surface area contributed by atoms with E-state index in [1.807, 2.05) is 0 Å². The summed E-state index contributed by atoms with van der Waals surface area (Å²) in [6, 6.07) is 6.14. The van der Waals surface area contributed by atoms with E-state index < -0.39 is 17.9 Å². The minimum Gasteiger partial charge on any atom is -0.480 e. The smallest absolute Gasteiger partial charge is 0.326 e. The summed E-state index contributed by atoms with van der Waals surface area (Å²) in [5.41, 5.74) is 1.68. The molecule has 6 nitrogen and oxygen atoms in total. The molecule has 2 amide bonds. The number of fused-ring (bicyclic) bond motifs is 1. The van der Waals surface area contributed by atoms with Crippen LogP contribution in [0.25, 0.3) is 5.70 Å². The van der Waals surface area contributed by atoms with Gasteiger partial charge in [-0.05, 0) is 24.8 Å². The van der Waals surface area contributed by atoms with E-state index in [-0.39, 0.29) is 18.4 Å². The molecule has 2 N–H and O–H groups in total. The van der Waals surface area contributed by atoms with E-state index in [1.54, 1.807) is 24.3 Å². The number of rotatable bonds is 5. The third kappa shape index (κ3) is 2.47. The van der Waals surface area contributed by atoms with Gasteiger partial charge in [-0.25, -0.2) is 4.79 Å². The van der Waals surface area contributed by atoms with E-state index in [9.17, 15) is 14.4 Å². The maximum atomic E-state index is 12.3. The molecule has 1 unspecified atom stereocenters. The fourth-order valence-corrected chi connectivity index (χ4v) is 2.68. The van der Waals surface area contributed by atoms with E-state index in [0.717, 1.165) is 12.8 Å². The zero-order valence-electron chi connectivity index (χ0n) is 11.9. The first kappa shape index (κ1) is 14.3. The molecular formula is C16H16N2O4. The van der Waals surface area contributed by atoms with E-state index in [2.05, 4.69) is 11.9 Å². The van der Waals surface area contributed by atoms with Crippen molar-refractivity contribution < 1.29 is 19.5 Å². The Kier molecular flexibility index (Phi) is 3.44. The van der Waals surface area contributed by atoms with Crippen molar-refractivity contribution in [2.24, 2.45) is 5.92 Å². The fraction of sp³-hybridized carbons (Fsp3) is 0.312. The fourth-order valence-electron chi connectivity index (χ4n) is 2.68. The van der Waals surface area contributed by atoms with Crippen LogP contribution in [-0.2, 0) is 9.59 Å². The lowest BCUT2D eigenvalue weighted by Gasteiger charge is -2.19. The quantitative estimate of drug-likeness (QED) is 0.852. The number of carbonyl (C=O) groups is 3. The van der Waals surface area contributed by atoms with Gasteiger partial charge in [-0.2, -0.15) is 0 Å². The summed E-state index contributed by atoms with van der Waals surface area (Å²) in [4.78, 5) is 36.8. The summed E-state index contributed by atoms with van der Waals surface area (Å²) in [5, 5.41) is 11.6. The normalized spacial score (nSPS) is 18.1. The predicted molar refractivity (Wildman–Crippen MR) is 78.8 cm³/mol. The van der Waals surface area contributed by atoms with Crippen LogP contribution in [0.4, 0.5) is 0 Å². The molecule has 22 heavy (non-hydrogen) atoms. The van der Waals surface area contributed by atoms with Crippen LogP contribution in [-0.4, -0.2) is 40.4 Å². The standard InChI is InChI=1S/C16H16N2O4/c1-9-11-4-2-3-5-12(11)15(20)18(9)8-13(19)17-14(16(21)22)10-6-7-10/h2-5,10,14H,1,6-8H2,(H,17,19)(H,21,22). The number of benzene rings is 1. The number of aliphatic carboxylic acids is 1. The highest BCUT2D eigenvalue weighted by molar-refractivity contribution is 6.10. The molecule has 0 saturated heterocycles. The first-order valence-corrected chi connectivity index (χ1v) is 7.11. The van der Waals surface area contributed by atoms with Crippen LogP contribution in [0, 0.1) is 5.92 Å². The van der Waals surface area contributed by atoms with E-state index >= 15 is 0 Å². The second kappa shape index (κ2) is 5.29. The van der Waals surface area contributed by atoms with Crippen molar-refractivity contribution in [2.45, 2.75) is 18.9 Å². The van der Waals surface area contributed by atoms with Gasteiger partial charge in [0.25, 0.3) is 5.91 Å². The molecule has 1 atom stereocenters. The summed E-state index contributed by atoms with van der Waals surface area (Å²) >= 11 is 0. The van der Waals surface area contributed by atoms with Crippen LogP contribution >= 0.6 is 0 Å². The zero-order chi connectivity index (χ0) is 15.9. The molecule has 1 aromatic carbocycles. The van der Waals surface area contributed by atoms with Gasteiger partial charge in [-0.15, -0.1) is 0 Å². The van der Waals surface area contributed by atoms with Crippen molar-refractivity contribution in [3.63, 3.8) is 0 Å². The van der Waals surface area contributed by atoms with Crippen LogP contribution in [0.3, 0.4) is 0 Å². The van der Waals surface area contributed by atoms with Crippen LogP contribution in [0.1, 0.15) is 28.8 Å². The molecule has 0 bridgehead atoms. The van der Waals surface area contributed by atoms with Crippen LogP contribution in [0.5, 0.6) is 0 Å². The summed E-state index contributed by atoms with van der Waals surface area (Å²) < 4.78 is 0. The largest absolute Gasteiger partial charge is 0.480 e. The average Bonchev–Trinajstić information content (AvgIpc) is 3.30. The SMILES string of the molecule is C=C1c2ccccc2C(=O)N1CC(=O)NC(C(=O)O)C1CC1. The van der Waals surface area contributed by atoms with Crippen molar-refractivity contribution >= 4 is 23.5 Å². The Labute approximate surface area is 127 Å². The number of carboxylic acid groups (broad SMARTS) is 1. The molecule has 2 aliphatic rings. The number of nitrogens with one attached hydrogen (secondary N) is 1. The lowest BCUT2D eigenvalue weighted by molar-refractivity contribution is -0.142. The second-order valence-corrected chi connectivity index (χ2v) is 5.60. The highest BCUT2D eigenvalue weighted by Crippen LogP contribution is 2.33. The maximum Gasteiger partial charge on any atom is 0.326 e. The Balaban J connectivity index is 1.69. The van der Waals surface area contributed by atoms with Gasteiger partial charge in [-0.3, -0.25) is 14.5 Å². The van der Waals surface area contributed by atoms with Crippen molar-refractivity contribution in [2.75, 3.05) is 6.54 Å². The van der Waals surface area contributed by atoms with E-state index in [1.165, 1.54) is 4.90 Å². The van der Waals surface area contributed by atoms with Crippen molar-refractivity contribution in [3.8, 4) is 0 Å². The minimum absolute atomic E-state index is 0.00358. The predicted octanol–water partition coefficient (Wildman–Crippen LogP) is 1.09. The number of nitrogens with zero attached hydrogens (tertiary/aromatic N) is 1. The number of hydrogen-bond donors (Lipinski definition) is 2. The number of amides is 2. The minimum atomic E-state index is -1.04. The lowest BCUT2D eigenvalue weighted by Crippen LogP contribution is -2.46. The van der Waals surface area contributed by atoms with Crippen LogP contribution < -0.4 is 5.32 Å². The molecule has 1 saturated carbocycles. The van der Waals surface area contributed by atoms with E-state index in [0.29, 0.717) is 16.8 Å². The third-order valence-corrected chi connectivity index (χ3v) is 4.02. The molecule has 0 aromatic heterocycles. The Bertz CT molecular complexity index is 643. The summed E-state index contributed by atoms with van der Waals surface area (Å²) in [6.07, 6.45) is 1.61. The highest BCUT2D eigenvalue weighted by atomic mass is 16.4. The zero-order valence-corrected chi connectivity index (χ0v) is 11.9. The Hall–Kier alpha value is -2.63. The van der Waals surface area contributed by atoms with Crippen molar-refractivity contribution in [1.29, 1.82) is 0 Å². The number of carbonyl (C=O) groups excluding carboxylic acids is 2. The van der Waals surface area contributed by atoms with Crippen molar-refractivity contribution in [3.05, 3.63) is 42.0 Å². The monoisotopic (exact) mass is 300 g/mol. The third-order valence-electron chi connectivity index (χ3n) is 4.02. The van der Waals surface area contributed by atoms with Gasteiger partial charge in [-0.1, -0.05) is 24.8 Å². The number of hydrogen-bond acceptors (Lipinski definition) is 3. The second-order valence-electron chi connectivity index (χ2n) is 5.60. The van der Waals surface area contributed by atoms with Gasteiger partial charge in [0.2, 0.25) is 5.91 Å². The highest BCUT2D eigenvalue weighted by Gasteiger charge is 2.38.